The van der Waals surface area contributed by atoms with E-state index in [1.807, 2.05) is 32.9 Å². The molecule has 0 spiro atoms. The standard InChI is InChI=1S/C19H27NO3/c1-12(2)10-15-6-8-16(9-7-15)14(5)18(21)20-17(13(3)4)11-23-19(20)22/h6-9,12-14,17H,10-11H2,1-5H3/t14-,17+/m0/s1. The summed E-state index contributed by atoms with van der Waals surface area (Å²) in [6.45, 7) is 10.5. The van der Waals surface area contributed by atoms with Gasteiger partial charge < -0.3 is 4.74 Å². The van der Waals surface area contributed by atoms with Gasteiger partial charge in [0.25, 0.3) is 0 Å². The number of rotatable bonds is 5. The van der Waals surface area contributed by atoms with Gasteiger partial charge in [-0.3, -0.25) is 4.79 Å². The van der Waals surface area contributed by atoms with E-state index in [1.165, 1.54) is 10.5 Å². The summed E-state index contributed by atoms with van der Waals surface area (Å²) in [5, 5.41) is 0. The SMILES string of the molecule is CC(C)Cc1ccc([C@H](C)C(=O)N2C(=O)OC[C@@H]2C(C)C)cc1. The summed E-state index contributed by atoms with van der Waals surface area (Å²) in [6.07, 6.45) is 0.508. The lowest BCUT2D eigenvalue weighted by Gasteiger charge is -2.25. The molecule has 0 aliphatic carbocycles. The van der Waals surface area contributed by atoms with Gasteiger partial charge in [0.05, 0.1) is 12.0 Å². The van der Waals surface area contributed by atoms with E-state index >= 15 is 0 Å². The third-order valence-electron chi connectivity index (χ3n) is 4.41. The minimum absolute atomic E-state index is 0.169. The fourth-order valence-corrected chi connectivity index (χ4v) is 2.95. The van der Waals surface area contributed by atoms with Gasteiger partial charge in [0.1, 0.15) is 6.61 Å². The lowest BCUT2D eigenvalue weighted by molar-refractivity contribution is -0.131. The molecule has 1 aromatic rings. The van der Waals surface area contributed by atoms with Gasteiger partial charge in [-0.25, -0.2) is 9.69 Å². The maximum atomic E-state index is 12.8. The van der Waals surface area contributed by atoms with Crippen LogP contribution in [0.1, 0.15) is 51.7 Å². The minimum Gasteiger partial charge on any atom is -0.447 e. The fraction of sp³-hybridized carbons (Fsp3) is 0.579. The molecule has 2 rings (SSSR count). The third-order valence-corrected chi connectivity index (χ3v) is 4.41. The van der Waals surface area contributed by atoms with Gasteiger partial charge in [0, 0.05) is 0 Å². The Morgan fingerprint density at radius 1 is 1.17 bits per heavy atom. The number of carbonyl (C=O) groups excluding carboxylic acids is 2. The Balaban J connectivity index is 2.14. The van der Waals surface area contributed by atoms with E-state index in [0.29, 0.717) is 12.5 Å². The zero-order chi connectivity index (χ0) is 17.1. The highest BCUT2D eigenvalue weighted by atomic mass is 16.6. The molecular weight excluding hydrogens is 290 g/mol. The summed E-state index contributed by atoms with van der Waals surface area (Å²) in [6, 6.07) is 7.96. The van der Waals surface area contributed by atoms with E-state index in [-0.39, 0.29) is 23.8 Å². The highest BCUT2D eigenvalue weighted by Gasteiger charge is 2.41. The number of carbonyl (C=O) groups is 2. The number of hydrogen-bond donors (Lipinski definition) is 0. The van der Waals surface area contributed by atoms with Crippen molar-refractivity contribution >= 4 is 12.0 Å². The van der Waals surface area contributed by atoms with Gasteiger partial charge in [0.15, 0.2) is 0 Å². The summed E-state index contributed by atoms with van der Waals surface area (Å²) >= 11 is 0. The van der Waals surface area contributed by atoms with Crippen molar-refractivity contribution in [3.8, 4) is 0 Å². The molecule has 2 amide bonds. The Morgan fingerprint density at radius 3 is 2.30 bits per heavy atom. The first kappa shape index (κ1) is 17.5. The molecule has 0 N–H and O–H groups in total. The van der Waals surface area contributed by atoms with Crippen LogP contribution in [0, 0.1) is 11.8 Å². The van der Waals surface area contributed by atoms with Crippen molar-refractivity contribution < 1.29 is 14.3 Å². The van der Waals surface area contributed by atoms with Crippen LogP contribution in [0.5, 0.6) is 0 Å². The molecule has 1 heterocycles. The van der Waals surface area contributed by atoms with Gasteiger partial charge in [-0.1, -0.05) is 52.0 Å². The lowest BCUT2D eigenvalue weighted by atomic mass is 9.95. The molecule has 0 bridgehead atoms. The summed E-state index contributed by atoms with van der Waals surface area (Å²) in [4.78, 5) is 26.0. The second-order valence-electron chi connectivity index (χ2n) is 7.16. The Bertz CT molecular complexity index is 562. The van der Waals surface area contributed by atoms with Crippen LogP contribution in [0.25, 0.3) is 0 Å². The second kappa shape index (κ2) is 7.16. The first-order valence-corrected chi connectivity index (χ1v) is 8.40. The molecule has 1 fully saturated rings. The molecule has 23 heavy (non-hydrogen) atoms. The molecule has 0 radical (unpaired) electrons. The molecule has 0 aromatic heterocycles. The Morgan fingerprint density at radius 2 is 1.78 bits per heavy atom. The number of nitrogens with zero attached hydrogens (tertiary/aromatic N) is 1. The molecule has 1 saturated heterocycles. The van der Waals surface area contributed by atoms with E-state index in [1.54, 1.807) is 0 Å². The maximum absolute atomic E-state index is 12.8. The first-order valence-electron chi connectivity index (χ1n) is 8.40. The molecule has 4 nitrogen and oxygen atoms in total. The topological polar surface area (TPSA) is 46.6 Å². The van der Waals surface area contributed by atoms with Crippen molar-refractivity contribution in [3.63, 3.8) is 0 Å². The summed E-state index contributed by atoms with van der Waals surface area (Å²) in [5.74, 6) is 0.259. The third kappa shape index (κ3) is 3.92. The monoisotopic (exact) mass is 317 g/mol. The summed E-state index contributed by atoms with van der Waals surface area (Å²) < 4.78 is 5.08. The first-order chi connectivity index (χ1) is 10.8. The number of cyclic esters (lactones) is 1. The van der Waals surface area contributed by atoms with Crippen LogP contribution in [0.3, 0.4) is 0 Å². The Kier molecular flexibility index (Phi) is 5.45. The van der Waals surface area contributed by atoms with Crippen molar-refractivity contribution in [1.82, 2.24) is 4.90 Å². The maximum Gasteiger partial charge on any atom is 0.417 e. The average Bonchev–Trinajstić information content (AvgIpc) is 2.88. The summed E-state index contributed by atoms with van der Waals surface area (Å²) in [7, 11) is 0. The minimum atomic E-state index is -0.517. The lowest BCUT2D eigenvalue weighted by Crippen LogP contribution is -2.43. The van der Waals surface area contributed by atoms with Crippen LogP contribution < -0.4 is 0 Å². The number of hydrogen-bond acceptors (Lipinski definition) is 3. The van der Waals surface area contributed by atoms with Crippen molar-refractivity contribution in [2.24, 2.45) is 11.8 Å². The molecule has 1 aliphatic heterocycles. The highest BCUT2D eigenvalue weighted by Crippen LogP contribution is 2.26. The van der Waals surface area contributed by atoms with Crippen LogP contribution in [0.4, 0.5) is 4.79 Å². The Labute approximate surface area is 138 Å². The normalized spacial score (nSPS) is 19.3. The molecule has 126 valence electrons. The number of imide groups is 1. The van der Waals surface area contributed by atoms with Gasteiger partial charge in [-0.15, -0.1) is 0 Å². The number of ether oxygens (including phenoxy) is 1. The molecule has 0 unspecified atom stereocenters. The smallest absolute Gasteiger partial charge is 0.417 e. The van der Waals surface area contributed by atoms with Gasteiger partial charge in [-0.2, -0.15) is 0 Å². The van der Waals surface area contributed by atoms with Gasteiger partial charge >= 0.3 is 6.09 Å². The van der Waals surface area contributed by atoms with E-state index in [0.717, 1.165) is 12.0 Å². The number of benzene rings is 1. The second-order valence-corrected chi connectivity index (χ2v) is 7.16. The highest BCUT2D eigenvalue weighted by molar-refractivity contribution is 5.97. The largest absolute Gasteiger partial charge is 0.447 e. The van der Waals surface area contributed by atoms with Crippen molar-refractivity contribution in [2.75, 3.05) is 6.61 Å². The van der Waals surface area contributed by atoms with E-state index in [4.69, 9.17) is 4.74 Å². The van der Waals surface area contributed by atoms with Crippen LogP contribution in [0.15, 0.2) is 24.3 Å². The van der Waals surface area contributed by atoms with Crippen LogP contribution in [0.2, 0.25) is 0 Å². The summed E-state index contributed by atoms with van der Waals surface area (Å²) in [5.41, 5.74) is 2.20. The van der Waals surface area contributed by atoms with Gasteiger partial charge in [0.2, 0.25) is 5.91 Å². The molecule has 4 heteroatoms. The van der Waals surface area contributed by atoms with E-state index < -0.39 is 6.09 Å². The quantitative estimate of drug-likeness (QED) is 0.825. The molecule has 2 atom stereocenters. The molecular formula is C19H27NO3. The molecule has 1 aliphatic rings. The predicted molar refractivity (Wildman–Crippen MR) is 90.2 cm³/mol. The van der Waals surface area contributed by atoms with Crippen LogP contribution in [-0.4, -0.2) is 29.5 Å². The zero-order valence-electron chi connectivity index (χ0n) is 14.7. The average molecular weight is 317 g/mol. The molecule has 0 saturated carbocycles. The van der Waals surface area contributed by atoms with Crippen LogP contribution >= 0.6 is 0 Å². The van der Waals surface area contributed by atoms with E-state index in [2.05, 4.69) is 26.0 Å². The van der Waals surface area contributed by atoms with Crippen molar-refractivity contribution in [3.05, 3.63) is 35.4 Å². The van der Waals surface area contributed by atoms with E-state index in [9.17, 15) is 9.59 Å². The van der Waals surface area contributed by atoms with Gasteiger partial charge in [-0.05, 0) is 36.3 Å². The predicted octanol–water partition coefficient (Wildman–Crippen LogP) is 3.99. The molecule has 1 aromatic carbocycles. The van der Waals surface area contributed by atoms with Crippen LogP contribution in [-0.2, 0) is 16.0 Å². The number of amides is 2. The van der Waals surface area contributed by atoms with Crippen molar-refractivity contribution in [1.29, 1.82) is 0 Å². The van der Waals surface area contributed by atoms with Crippen molar-refractivity contribution in [2.45, 2.75) is 53.0 Å². The Hall–Kier alpha value is -1.84. The fourth-order valence-electron chi connectivity index (χ4n) is 2.95. The zero-order valence-corrected chi connectivity index (χ0v) is 14.7.